The predicted molar refractivity (Wildman–Crippen MR) is 229 cm³/mol. The topological polar surface area (TPSA) is 86.6 Å². The van der Waals surface area contributed by atoms with Crippen LogP contribution in [0.1, 0.15) is 121 Å². The number of rotatable bonds is 18. The van der Waals surface area contributed by atoms with E-state index in [1.807, 2.05) is 27.7 Å². The zero-order valence-corrected chi connectivity index (χ0v) is 35.9. The van der Waals surface area contributed by atoms with Gasteiger partial charge in [-0.15, -0.1) is 0 Å². The van der Waals surface area contributed by atoms with E-state index in [0.29, 0.717) is 37.9 Å². The molecular weight excluding hydrogens is 713 g/mol. The molecule has 0 amide bonds. The summed E-state index contributed by atoms with van der Waals surface area (Å²) in [5.74, 6) is 4.58. The maximum absolute atomic E-state index is 10.5. The smallest absolute Gasteiger partial charge is 0.127 e. The van der Waals surface area contributed by atoms with Crippen LogP contribution in [0.3, 0.4) is 0 Å². The second kappa shape index (κ2) is 18.5. The minimum atomic E-state index is -0.191. The first-order valence-corrected chi connectivity index (χ1v) is 21.3. The van der Waals surface area contributed by atoms with E-state index in [2.05, 4.69) is 76.2 Å². The Labute approximate surface area is 341 Å². The summed E-state index contributed by atoms with van der Waals surface area (Å²) in [7, 11) is 0. The SMILES string of the molecule is Cc1c(C)c2c(c(C)c1O)CCC(C)(CCCCOc1ccc(CCOCCc3ccc(OCCCCC4(C)CCc5c(C)c(O)c(C)c(C)c5O4)cc3)cc1)O2. The highest BCUT2D eigenvalue weighted by Gasteiger charge is 2.35. The van der Waals surface area contributed by atoms with Crippen molar-refractivity contribution < 1.29 is 33.9 Å². The summed E-state index contributed by atoms with van der Waals surface area (Å²) in [6, 6.07) is 16.8. The van der Waals surface area contributed by atoms with Crippen LogP contribution in [0.4, 0.5) is 0 Å². The van der Waals surface area contributed by atoms with E-state index in [9.17, 15) is 10.2 Å². The molecule has 0 saturated heterocycles. The average molecular weight is 779 g/mol. The number of unbranched alkanes of at least 4 members (excludes halogenated alkanes) is 2. The molecule has 6 rings (SSSR count). The third-order valence-electron chi connectivity index (χ3n) is 12.8. The van der Waals surface area contributed by atoms with E-state index in [1.54, 1.807) is 0 Å². The van der Waals surface area contributed by atoms with Crippen LogP contribution in [0, 0.1) is 41.5 Å². The van der Waals surface area contributed by atoms with E-state index < -0.39 is 0 Å². The van der Waals surface area contributed by atoms with E-state index >= 15 is 0 Å². The van der Waals surface area contributed by atoms with E-state index in [0.717, 1.165) is 145 Å². The van der Waals surface area contributed by atoms with E-state index in [-0.39, 0.29) is 11.2 Å². The summed E-state index contributed by atoms with van der Waals surface area (Å²) in [6.07, 6.45) is 11.5. The molecule has 0 aliphatic carbocycles. The van der Waals surface area contributed by atoms with Crippen molar-refractivity contribution in [2.24, 2.45) is 0 Å². The zero-order chi connectivity index (χ0) is 40.7. The summed E-state index contributed by atoms with van der Waals surface area (Å²) in [5.41, 5.74) is 10.3. The number of hydrogen-bond acceptors (Lipinski definition) is 7. The van der Waals surface area contributed by atoms with Gasteiger partial charge in [0, 0.05) is 11.1 Å². The van der Waals surface area contributed by atoms with Crippen molar-refractivity contribution in [3.63, 3.8) is 0 Å². The second-order valence-electron chi connectivity index (χ2n) is 17.2. The van der Waals surface area contributed by atoms with Crippen LogP contribution in [0.2, 0.25) is 0 Å². The van der Waals surface area contributed by atoms with Gasteiger partial charge in [-0.05, 0) is 201 Å². The van der Waals surface area contributed by atoms with Gasteiger partial charge in [0.05, 0.1) is 26.4 Å². The lowest BCUT2D eigenvalue weighted by Gasteiger charge is -2.38. The molecule has 4 aromatic carbocycles. The molecule has 2 aliphatic heterocycles. The number of phenols is 2. The molecule has 2 N–H and O–H groups in total. The zero-order valence-electron chi connectivity index (χ0n) is 35.9. The minimum Gasteiger partial charge on any atom is -0.507 e. The second-order valence-corrected chi connectivity index (χ2v) is 17.2. The van der Waals surface area contributed by atoms with Crippen molar-refractivity contribution in [3.05, 3.63) is 104 Å². The molecule has 2 aliphatic rings. The summed E-state index contributed by atoms with van der Waals surface area (Å²) in [6.45, 7) is 19.2. The molecule has 0 aromatic heterocycles. The molecule has 0 saturated carbocycles. The summed E-state index contributed by atoms with van der Waals surface area (Å²) < 4.78 is 31.3. The number of hydrogen-bond donors (Lipinski definition) is 2. The number of fused-ring (bicyclic) bond motifs is 2. The van der Waals surface area contributed by atoms with E-state index in [1.165, 1.54) is 11.1 Å². The first-order valence-electron chi connectivity index (χ1n) is 21.3. The van der Waals surface area contributed by atoms with Crippen LogP contribution in [0.25, 0.3) is 0 Å². The van der Waals surface area contributed by atoms with Gasteiger partial charge < -0.3 is 33.9 Å². The Morgan fingerprint density at radius 2 is 0.895 bits per heavy atom. The highest BCUT2D eigenvalue weighted by atomic mass is 16.5. The number of ether oxygens (including phenoxy) is 5. The molecule has 2 unspecified atom stereocenters. The standard InChI is InChI=1S/C50H66O7/c1-33-35(3)47-43(37(5)45(33)51)21-27-49(7,56-47)25-9-11-29-54-41-17-13-39(14-18-41)23-31-53-32-24-40-15-19-42(20-16-40)55-30-12-10-26-50(8)28-22-44-38(6)46(52)34(2)36(4)48(44)57-50/h13-20,51-52H,9-12,21-32H2,1-8H3. The molecule has 7 nitrogen and oxygen atoms in total. The van der Waals surface area contributed by atoms with Gasteiger partial charge in [0.15, 0.2) is 0 Å². The van der Waals surface area contributed by atoms with Crippen LogP contribution in [0.15, 0.2) is 48.5 Å². The van der Waals surface area contributed by atoms with Gasteiger partial charge in [-0.1, -0.05) is 24.3 Å². The molecular formula is C50H66O7. The molecule has 7 heteroatoms. The van der Waals surface area contributed by atoms with Crippen molar-refractivity contribution in [2.45, 2.75) is 144 Å². The molecule has 0 bridgehead atoms. The molecule has 0 spiro atoms. The summed E-state index contributed by atoms with van der Waals surface area (Å²) in [5, 5.41) is 21.0. The van der Waals surface area contributed by atoms with Crippen molar-refractivity contribution in [2.75, 3.05) is 26.4 Å². The minimum absolute atomic E-state index is 0.191. The normalized spacial score (nSPS) is 18.7. The van der Waals surface area contributed by atoms with Crippen LogP contribution < -0.4 is 18.9 Å². The van der Waals surface area contributed by atoms with Gasteiger partial charge in [-0.3, -0.25) is 0 Å². The Morgan fingerprint density at radius 3 is 1.28 bits per heavy atom. The van der Waals surface area contributed by atoms with Gasteiger partial charge in [0.1, 0.15) is 45.7 Å². The van der Waals surface area contributed by atoms with Gasteiger partial charge in [0.2, 0.25) is 0 Å². The van der Waals surface area contributed by atoms with Crippen LogP contribution >= 0.6 is 0 Å². The van der Waals surface area contributed by atoms with Crippen LogP contribution in [-0.4, -0.2) is 47.8 Å². The molecule has 2 atom stereocenters. The van der Waals surface area contributed by atoms with Crippen molar-refractivity contribution in [1.82, 2.24) is 0 Å². The van der Waals surface area contributed by atoms with Gasteiger partial charge in [-0.25, -0.2) is 0 Å². The molecule has 0 fully saturated rings. The molecule has 57 heavy (non-hydrogen) atoms. The average Bonchev–Trinajstić information content (AvgIpc) is 3.21. The summed E-state index contributed by atoms with van der Waals surface area (Å²) in [4.78, 5) is 0. The first-order chi connectivity index (χ1) is 27.3. The van der Waals surface area contributed by atoms with E-state index in [4.69, 9.17) is 23.7 Å². The van der Waals surface area contributed by atoms with Crippen LogP contribution in [-0.2, 0) is 30.4 Å². The van der Waals surface area contributed by atoms with Crippen molar-refractivity contribution in [3.8, 4) is 34.5 Å². The Balaban J connectivity index is 0.806. The Hall–Kier alpha value is -4.36. The fraction of sp³-hybridized carbons (Fsp3) is 0.520. The fourth-order valence-electron chi connectivity index (χ4n) is 8.51. The largest absolute Gasteiger partial charge is 0.507 e. The van der Waals surface area contributed by atoms with Crippen molar-refractivity contribution >= 4 is 0 Å². The highest BCUT2D eigenvalue weighted by Crippen LogP contribution is 2.46. The maximum atomic E-state index is 10.5. The van der Waals surface area contributed by atoms with Gasteiger partial charge in [0.25, 0.3) is 0 Å². The Morgan fingerprint density at radius 1 is 0.509 bits per heavy atom. The quantitative estimate of drug-likeness (QED) is 0.0973. The lowest BCUT2D eigenvalue weighted by Crippen LogP contribution is -2.37. The van der Waals surface area contributed by atoms with Crippen molar-refractivity contribution in [1.29, 1.82) is 0 Å². The molecule has 2 heterocycles. The fourth-order valence-corrected chi connectivity index (χ4v) is 8.51. The first kappa shape index (κ1) is 42.3. The highest BCUT2D eigenvalue weighted by molar-refractivity contribution is 5.59. The maximum Gasteiger partial charge on any atom is 0.127 e. The molecule has 308 valence electrons. The summed E-state index contributed by atoms with van der Waals surface area (Å²) >= 11 is 0. The lowest BCUT2D eigenvalue weighted by molar-refractivity contribution is 0.0510. The lowest BCUT2D eigenvalue weighted by atomic mass is 9.85. The monoisotopic (exact) mass is 778 g/mol. The van der Waals surface area contributed by atoms with Gasteiger partial charge in [-0.2, -0.15) is 0 Å². The van der Waals surface area contributed by atoms with Gasteiger partial charge >= 0.3 is 0 Å². The number of phenolic OH excluding ortho intramolecular Hbond substituents is 2. The number of benzene rings is 4. The van der Waals surface area contributed by atoms with Crippen LogP contribution in [0.5, 0.6) is 34.5 Å². The Bertz CT molecular complexity index is 1840. The predicted octanol–water partition coefficient (Wildman–Crippen LogP) is 11.4. The molecule has 0 radical (unpaired) electrons. The Kier molecular flexibility index (Phi) is 13.7. The number of aromatic hydroxyl groups is 2. The third kappa shape index (κ3) is 10.2. The molecule has 4 aromatic rings. The third-order valence-corrected chi connectivity index (χ3v) is 12.8.